The third kappa shape index (κ3) is 6.26. The van der Waals surface area contributed by atoms with Crippen LogP contribution in [0.15, 0.2) is 0 Å². The predicted octanol–water partition coefficient (Wildman–Crippen LogP) is -0.580. The van der Waals surface area contributed by atoms with E-state index >= 15 is 0 Å². The largest absolute Gasteiger partial charge is 0.481 e. The highest BCUT2D eigenvalue weighted by atomic mass is 35.5. The first kappa shape index (κ1) is 14.1. The van der Waals surface area contributed by atoms with Crippen molar-refractivity contribution in [2.45, 2.75) is 18.9 Å². The molecule has 9 heteroatoms. The van der Waals surface area contributed by atoms with E-state index in [-0.39, 0.29) is 6.42 Å². The van der Waals surface area contributed by atoms with E-state index in [0.717, 1.165) is 0 Å². The van der Waals surface area contributed by atoms with Crippen molar-refractivity contribution in [3.8, 4) is 0 Å². The van der Waals surface area contributed by atoms with Gasteiger partial charge in [-0.05, 0) is 6.42 Å². The van der Waals surface area contributed by atoms with Crippen LogP contribution in [0, 0.1) is 0 Å². The molecule has 0 aliphatic carbocycles. The van der Waals surface area contributed by atoms with Gasteiger partial charge in [0.05, 0.1) is 0 Å². The molecule has 0 fully saturated rings. The molecule has 0 amide bonds. The predicted molar refractivity (Wildman–Crippen MR) is 51.1 cm³/mol. The van der Waals surface area contributed by atoms with E-state index in [1.165, 1.54) is 0 Å². The van der Waals surface area contributed by atoms with Gasteiger partial charge in [0.15, 0.2) is 0 Å². The quantitative estimate of drug-likeness (QED) is 0.526. The van der Waals surface area contributed by atoms with Gasteiger partial charge in [0.1, 0.15) is 11.3 Å². The maximum atomic E-state index is 10.9. The Kier molecular flexibility index (Phi) is 5.55. The minimum Gasteiger partial charge on any atom is -0.481 e. The molecule has 0 saturated heterocycles. The Bertz CT molecular complexity index is 340. The van der Waals surface area contributed by atoms with Crippen molar-refractivity contribution in [2.75, 3.05) is 5.21 Å². The normalized spacial score (nSPS) is 13.4. The highest BCUT2D eigenvalue weighted by Gasteiger charge is 2.23. The number of hydrogen-bond donors (Lipinski definition) is 3. The standard InChI is InChI=1S/C6H10ClNO6S/c7-3-15(13,14)8-4(6(11)12)1-2-5(9)10/h4,8H,1-3H2,(H,9,10)(H,11,12)/t4-/m0/s1. The zero-order chi connectivity index (χ0) is 12.1. The van der Waals surface area contributed by atoms with Crippen LogP contribution in [0.2, 0.25) is 0 Å². The highest BCUT2D eigenvalue weighted by Crippen LogP contribution is 2.01. The molecule has 0 aromatic rings. The van der Waals surface area contributed by atoms with E-state index in [1.54, 1.807) is 4.72 Å². The van der Waals surface area contributed by atoms with E-state index in [4.69, 9.17) is 21.8 Å². The molecule has 3 N–H and O–H groups in total. The van der Waals surface area contributed by atoms with Crippen LogP contribution in [0.25, 0.3) is 0 Å². The molecule has 0 aliphatic heterocycles. The molecule has 0 aromatic carbocycles. The van der Waals surface area contributed by atoms with Crippen LogP contribution in [0.3, 0.4) is 0 Å². The fourth-order valence-electron chi connectivity index (χ4n) is 0.749. The maximum absolute atomic E-state index is 10.9. The molecule has 0 spiro atoms. The second-order valence-corrected chi connectivity index (χ2v) is 5.00. The van der Waals surface area contributed by atoms with Crippen LogP contribution in [-0.2, 0) is 19.6 Å². The SMILES string of the molecule is O=C(O)CC[C@H](NS(=O)(=O)CCl)C(=O)O. The Morgan fingerprint density at radius 3 is 2.20 bits per heavy atom. The van der Waals surface area contributed by atoms with Crippen molar-refractivity contribution in [1.82, 2.24) is 4.72 Å². The molecule has 0 radical (unpaired) electrons. The Morgan fingerprint density at radius 2 is 1.87 bits per heavy atom. The maximum Gasteiger partial charge on any atom is 0.321 e. The van der Waals surface area contributed by atoms with E-state index < -0.39 is 39.6 Å². The zero-order valence-corrected chi connectivity index (χ0v) is 9.08. The van der Waals surface area contributed by atoms with Crippen LogP contribution in [-0.4, -0.2) is 41.8 Å². The number of hydrogen-bond acceptors (Lipinski definition) is 4. The first-order valence-corrected chi connectivity index (χ1v) is 5.97. The van der Waals surface area contributed by atoms with Gasteiger partial charge in [-0.15, -0.1) is 11.6 Å². The molecule has 15 heavy (non-hydrogen) atoms. The monoisotopic (exact) mass is 259 g/mol. The average molecular weight is 260 g/mol. The molecular weight excluding hydrogens is 250 g/mol. The first-order chi connectivity index (χ1) is 6.78. The van der Waals surface area contributed by atoms with Gasteiger partial charge < -0.3 is 10.2 Å². The second-order valence-electron chi connectivity index (χ2n) is 2.66. The lowest BCUT2D eigenvalue weighted by atomic mass is 10.2. The molecule has 0 unspecified atom stereocenters. The Labute approximate surface area is 91.1 Å². The summed E-state index contributed by atoms with van der Waals surface area (Å²) in [6, 6.07) is -1.47. The van der Waals surface area contributed by atoms with Crippen molar-refractivity contribution >= 4 is 33.6 Å². The molecule has 0 rings (SSSR count). The Morgan fingerprint density at radius 1 is 1.33 bits per heavy atom. The molecule has 1 atom stereocenters. The van der Waals surface area contributed by atoms with Crippen LogP contribution in [0.4, 0.5) is 0 Å². The minimum atomic E-state index is -3.87. The number of alkyl halides is 1. The fourth-order valence-corrected chi connectivity index (χ4v) is 1.65. The van der Waals surface area contributed by atoms with Gasteiger partial charge in [0.2, 0.25) is 10.0 Å². The number of rotatable bonds is 7. The van der Waals surface area contributed by atoms with Crippen LogP contribution < -0.4 is 4.72 Å². The lowest BCUT2D eigenvalue weighted by molar-refractivity contribution is -0.140. The van der Waals surface area contributed by atoms with Gasteiger partial charge in [-0.3, -0.25) is 9.59 Å². The smallest absolute Gasteiger partial charge is 0.321 e. The van der Waals surface area contributed by atoms with E-state index in [1.807, 2.05) is 0 Å². The molecule has 7 nitrogen and oxygen atoms in total. The van der Waals surface area contributed by atoms with E-state index in [2.05, 4.69) is 0 Å². The number of sulfonamides is 1. The lowest BCUT2D eigenvalue weighted by Crippen LogP contribution is -2.41. The van der Waals surface area contributed by atoms with Crippen LogP contribution in [0.5, 0.6) is 0 Å². The van der Waals surface area contributed by atoms with Crippen molar-refractivity contribution in [3.05, 3.63) is 0 Å². The van der Waals surface area contributed by atoms with E-state index in [0.29, 0.717) is 0 Å². The topological polar surface area (TPSA) is 121 Å². The van der Waals surface area contributed by atoms with Gasteiger partial charge in [0, 0.05) is 6.42 Å². The van der Waals surface area contributed by atoms with Crippen molar-refractivity contribution < 1.29 is 28.2 Å². The number of carboxylic acid groups (broad SMARTS) is 2. The molecule has 0 heterocycles. The molecule has 0 aliphatic rings. The molecule has 0 saturated carbocycles. The average Bonchev–Trinajstić information content (AvgIpc) is 2.11. The first-order valence-electron chi connectivity index (χ1n) is 3.79. The highest BCUT2D eigenvalue weighted by molar-refractivity contribution is 7.90. The molecule has 0 bridgehead atoms. The third-order valence-electron chi connectivity index (χ3n) is 1.41. The number of aliphatic carboxylic acids is 2. The van der Waals surface area contributed by atoms with Gasteiger partial charge in [-0.25, -0.2) is 8.42 Å². The summed E-state index contributed by atoms with van der Waals surface area (Å²) in [5, 5.41) is 16.1. The summed E-state index contributed by atoms with van der Waals surface area (Å²) in [4.78, 5) is 20.7. The molecule has 88 valence electrons. The summed E-state index contributed by atoms with van der Waals surface area (Å²) >= 11 is 5.04. The summed E-state index contributed by atoms with van der Waals surface area (Å²) in [6.07, 6.45) is -0.775. The van der Waals surface area contributed by atoms with E-state index in [9.17, 15) is 18.0 Å². The fraction of sp³-hybridized carbons (Fsp3) is 0.667. The lowest BCUT2D eigenvalue weighted by Gasteiger charge is -2.11. The van der Waals surface area contributed by atoms with Crippen LogP contribution >= 0.6 is 11.6 Å². The van der Waals surface area contributed by atoms with Gasteiger partial charge >= 0.3 is 11.9 Å². The Hall–Kier alpha value is -0.860. The summed E-state index contributed by atoms with van der Waals surface area (Å²) in [5.74, 6) is -2.64. The van der Waals surface area contributed by atoms with Gasteiger partial charge in [0.25, 0.3) is 0 Å². The van der Waals surface area contributed by atoms with Gasteiger partial charge in [-0.2, -0.15) is 4.72 Å². The van der Waals surface area contributed by atoms with Crippen molar-refractivity contribution in [3.63, 3.8) is 0 Å². The summed E-state index contributed by atoms with van der Waals surface area (Å²) < 4.78 is 23.6. The second kappa shape index (κ2) is 5.89. The third-order valence-corrected chi connectivity index (χ3v) is 3.20. The zero-order valence-electron chi connectivity index (χ0n) is 7.51. The summed E-state index contributed by atoms with van der Waals surface area (Å²) in [5.41, 5.74) is 0. The number of carboxylic acids is 2. The van der Waals surface area contributed by atoms with Crippen molar-refractivity contribution in [1.29, 1.82) is 0 Å². The Balaban J connectivity index is 4.42. The van der Waals surface area contributed by atoms with Gasteiger partial charge in [-0.1, -0.05) is 0 Å². The van der Waals surface area contributed by atoms with Crippen LogP contribution in [0.1, 0.15) is 12.8 Å². The molecule has 0 aromatic heterocycles. The number of halogens is 1. The number of carbonyl (C=O) groups is 2. The molecular formula is C6H10ClNO6S. The number of nitrogens with one attached hydrogen (secondary N) is 1. The van der Waals surface area contributed by atoms with Crippen molar-refractivity contribution in [2.24, 2.45) is 0 Å². The summed E-state index contributed by atoms with van der Waals surface area (Å²) in [6.45, 7) is 0. The summed E-state index contributed by atoms with van der Waals surface area (Å²) in [7, 11) is -3.87. The minimum absolute atomic E-state index is 0.333.